The molecule has 1 aliphatic carbocycles. The number of hydrogen-bond acceptors (Lipinski definition) is 4. The molecule has 156 valence electrons. The first-order valence-electron chi connectivity index (χ1n) is 9.80. The number of carbonyl (C=O) groups is 1. The van der Waals surface area contributed by atoms with E-state index in [2.05, 4.69) is 9.83 Å². The summed E-state index contributed by atoms with van der Waals surface area (Å²) in [7, 11) is 0. The maximum Gasteiger partial charge on any atom is 0.306 e. The summed E-state index contributed by atoms with van der Waals surface area (Å²) in [6, 6.07) is 6.91. The van der Waals surface area contributed by atoms with Gasteiger partial charge in [0.05, 0.1) is 18.9 Å². The van der Waals surface area contributed by atoms with E-state index in [1.165, 1.54) is 18.2 Å². The number of nitrogens with zero attached hydrogens (tertiary/aromatic N) is 2. The minimum absolute atomic E-state index is 0.188. The summed E-state index contributed by atoms with van der Waals surface area (Å²) in [4.78, 5) is 19.1. The molecule has 0 saturated heterocycles. The summed E-state index contributed by atoms with van der Waals surface area (Å²) in [5.41, 5.74) is 1.97. The zero-order valence-corrected chi connectivity index (χ0v) is 16.7. The van der Waals surface area contributed by atoms with Crippen molar-refractivity contribution < 1.29 is 23.0 Å². The molecule has 0 amide bonds. The lowest BCUT2D eigenvalue weighted by molar-refractivity contribution is -0.144. The quantitative estimate of drug-likeness (QED) is 0.437. The molecule has 30 heavy (non-hydrogen) atoms. The summed E-state index contributed by atoms with van der Waals surface area (Å²) in [5, 5.41) is 0. The van der Waals surface area contributed by atoms with Crippen LogP contribution in [0.1, 0.15) is 43.9 Å². The molecule has 1 aliphatic rings. The van der Waals surface area contributed by atoms with E-state index in [-0.39, 0.29) is 35.6 Å². The van der Waals surface area contributed by atoms with E-state index < -0.39 is 11.6 Å². The van der Waals surface area contributed by atoms with Crippen LogP contribution in [-0.4, -0.2) is 17.6 Å². The molecule has 3 rings (SSSR count). The lowest BCUT2D eigenvalue weighted by atomic mass is 9.86. The van der Waals surface area contributed by atoms with E-state index in [0.29, 0.717) is 18.7 Å². The van der Waals surface area contributed by atoms with Gasteiger partial charge in [-0.3, -0.25) is 4.79 Å². The Kier molecular flexibility index (Phi) is 7.12. The van der Waals surface area contributed by atoms with E-state index in [4.69, 9.17) is 16.0 Å². The van der Waals surface area contributed by atoms with Crippen molar-refractivity contribution in [2.75, 3.05) is 6.61 Å². The number of ether oxygens (including phenoxy) is 2. The fourth-order valence-electron chi connectivity index (χ4n) is 3.33. The highest BCUT2D eigenvalue weighted by molar-refractivity contribution is 5.70. The Morgan fingerprint density at radius 1 is 1.27 bits per heavy atom. The Balaban J connectivity index is 1.66. The molecule has 2 aromatic rings. The van der Waals surface area contributed by atoms with Crippen LogP contribution in [0.5, 0.6) is 5.88 Å². The molecular formula is C23H22F2N2O3. The molecule has 7 heteroatoms. The Morgan fingerprint density at radius 3 is 2.77 bits per heavy atom. The zero-order valence-electron chi connectivity index (χ0n) is 16.7. The van der Waals surface area contributed by atoms with Crippen LogP contribution in [-0.2, 0) is 16.1 Å². The summed E-state index contributed by atoms with van der Waals surface area (Å²) in [5.74, 6) is -1.37. The number of halogens is 2. The lowest BCUT2D eigenvalue weighted by Crippen LogP contribution is -2.14. The molecule has 0 spiro atoms. The van der Waals surface area contributed by atoms with Crippen molar-refractivity contribution in [2.24, 2.45) is 5.92 Å². The Morgan fingerprint density at radius 2 is 2.10 bits per heavy atom. The molecular weight excluding hydrogens is 390 g/mol. The van der Waals surface area contributed by atoms with Gasteiger partial charge in [-0.1, -0.05) is 18.2 Å². The third-order valence-electron chi connectivity index (χ3n) is 4.95. The van der Waals surface area contributed by atoms with Gasteiger partial charge in [0, 0.05) is 12.0 Å². The lowest BCUT2D eigenvalue weighted by Gasteiger charge is -2.21. The molecule has 5 nitrogen and oxygen atoms in total. The van der Waals surface area contributed by atoms with Gasteiger partial charge in [-0.25, -0.2) is 18.6 Å². The summed E-state index contributed by atoms with van der Waals surface area (Å²) >= 11 is 0. The number of hydrogen-bond donors (Lipinski definition) is 0. The van der Waals surface area contributed by atoms with Crippen molar-refractivity contribution in [2.45, 2.75) is 39.2 Å². The fourth-order valence-corrected chi connectivity index (χ4v) is 3.33. The summed E-state index contributed by atoms with van der Waals surface area (Å²) in [6.07, 6.45) is 4.66. The number of benzene rings is 1. The van der Waals surface area contributed by atoms with Crippen molar-refractivity contribution >= 4 is 17.2 Å². The fraction of sp³-hybridized carbons (Fsp3) is 0.348. The third kappa shape index (κ3) is 5.41. The van der Waals surface area contributed by atoms with Crippen LogP contribution < -0.4 is 4.74 Å². The van der Waals surface area contributed by atoms with Gasteiger partial charge >= 0.3 is 5.97 Å². The molecule has 1 aromatic carbocycles. The average Bonchev–Trinajstić information content (AvgIpc) is 2.74. The molecule has 0 saturated carbocycles. The van der Waals surface area contributed by atoms with Crippen molar-refractivity contribution in [3.63, 3.8) is 0 Å². The molecule has 0 N–H and O–H groups in total. The van der Waals surface area contributed by atoms with Gasteiger partial charge < -0.3 is 9.47 Å². The molecule has 1 atom stereocenters. The van der Waals surface area contributed by atoms with Gasteiger partial charge in [0.15, 0.2) is 11.5 Å². The maximum absolute atomic E-state index is 14.1. The molecule has 1 unspecified atom stereocenters. The van der Waals surface area contributed by atoms with E-state index in [9.17, 15) is 13.6 Å². The minimum atomic E-state index is -0.631. The van der Waals surface area contributed by atoms with Gasteiger partial charge in [0.2, 0.25) is 0 Å². The minimum Gasteiger partial charge on any atom is -0.471 e. The topological polar surface area (TPSA) is 52.8 Å². The smallest absolute Gasteiger partial charge is 0.306 e. The van der Waals surface area contributed by atoms with E-state index in [0.717, 1.165) is 30.9 Å². The number of carbonyl (C=O) groups excluding carboxylic acids is 1. The third-order valence-corrected chi connectivity index (χ3v) is 4.95. The number of esters is 1. The van der Waals surface area contributed by atoms with Gasteiger partial charge in [-0.05, 0) is 55.9 Å². The second-order valence-corrected chi connectivity index (χ2v) is 7.04. The molecule has 0 fully saturated rings. The summed E-state index contributed by atoms with van der Waals surface area (Å²) < 4.78 is 38.6. The molecule has 0 bridgehead atoms. The van der Waals surface area contributed by atoms with Gasteiger partial charge in [0.25, 0.3) is 5.88 Å². The van der Waals surface area contributed by atoms with Crippen LogP contribution in [0.25, 0.3) is 10.4 Å². The highest BCUT2D eigenvalue weighted by Gasteiger charge is 2.20. The Labute approximate surface area is 174 Å². The first-order valence-corrected chi connectivity index (χ1v) is 9.80. The second kappa shape index (κ2) is 9.97. The van der Waals surface area contributed by atoms with Crippen molar-refractivity contribution in [3.05, 3.63) is 70.7 Å². The number of pyridine rings is 1. The maximum atomic E-state index is 14.1. The molecule has 0 aliphatic heterocycles. The van der Waals surface area contributed by atoms with Crippen molar-refractivity contribution in [3.8, 4) is 5.88 Å². The normalized spacial score (nSPS) is 15.8. The first-order chi connectivity index (χ1) is 14.5. The van der Waals surface area contributed by atoms with Crippen molar-refractivity contribution in [1.29, 1.82) is 0 Å². The molecule has 1 heterocycles. The highest BCUT2D eigenvalue weighted by atomic mass is 19.1. The van der Waals surface area contributed by atoms with E-state index in [1.54, 1.807) is 13.0 Å². The van der Waals surface area contributed by atoms with Crippen LogP contribution in [0, 0.1) is 24.1 Å². The monoisotopic (exact) mass is 412 g/mol. The van der Waals surface area contributed by atoms with Crippen molar-refractivity contribution in [1.82, 2.24) is 4.98 Å². The second-order valence-electron chi connectivity index (χ2n) is 7.04. The first kappa shape index (κ1) is 21.4. The van der Waals surface area contributed by atoms with Crippen LogP contribution in [0.2, 0.25) is 0 Å². The van der Waals surface area contributed by atoms with Crippen LogP contribution in [0.3, 0.4) is 0 Å². The Bertz CT molecular complexity index is 998. The average molecular weight is 412 g/mol. The van der Waals surface area contributed by atoms with E-state index >= 15 is 0 Å². The van der Waals surface area contributed by atoms with Gasteiger partial charge in [-0.2, -0.15) is 0 Å². The standard InChI is InChI=1S/C23H22F2N2O3/c1-3-29-22(28)12-15-4-6-16(7-5-15)21-11-10-19(24)23(27-21)30-14-17-8-9-18(26-2)13-20(17)25/h6,8-11,13,15H,3-5,7,12,14H2,1H3. The number of rotatable bonds is 7. The number of aromatic nitrogens is 1. The SMILES string of the molecule is [C-]#[N+]c1ccc(COc2nc(C3=CCC(CC(=O)OCC)CC3)ccc2F)c(F)c1. The van der Waals surface area contributed by atoms with Gasteiger partial charge in [0.1, 0.15) is 12.4 Å². The van der Waals surface area contributed by atoms with Crippen LogP contribution >= 0.6 is 0 Å². The Hall–Kier alpha value is -3.27. The van der Waals surface area contributed by atoms with Crippen LogP contribution in [0.15, 0.2) is 36.4 Å². The predicted octanol–water partition coefficient (Wildman–Crippen LogP) is 5.63. The molecule has 0 radical (unpaired) electrons. The number of allylic oxidation sites excluding steroid dienone is 2. The zero-order chi connectivity index (χ0) is 21.5. The van der Waals surface area contributed by atoms with E-state index in [1.807, 2.05) is 6.08 Å². The summed E-state index contributed by atoms with van der Waals surface area (Å²) in [6.45, 7) is 8.87. The van der Waals surface area contributed by atoms with Crippen LogP contribution in [0.4, 0.5) is 14.5 Å². The predicted molar refractivity (Wildman–Crippen MR) is 108 cm³/mol. The largest absolute Gasteiger partial charge is 0.471 e. The van der Waals surface area contributed by atoms with Gasteiger partial charge in [-0.15, -0.1) is 0 Å². The molecule has 1 aromatic heterocycles. The highest BCUT2D eigenvalue weighted by Crippen LogP contribution is 2.32.